The number of fused-ring (bicyclic) bond motifs is 1. The first kappa shape index (κ1) is 17.3. The maximum atomic E-state index is 9.42. The fraction of sp³-hybridized carbons (Fsp3) is 0.353. The van der Waals surface area contributed by atoms with Gasteiger partial charge >= 0.3 is 0 Å². The number of rotatable bonds is 2. The van der Waals surface area contributed by atoms with Crippen LogP contribution in [0.5, 0.6) is 0 Å². The van der Waals surface area contributed by atoms with Crippen LogP contribution in [-0.4, -0.2) is 38.5 Å². The maximum Gasteiger partial charge on any atom is 0.107 e. The van der Waals surface area contributed by atoms with Gasteiger partial charge in [-0.15, -0.1) is 12.4 Å². The summed E-state index contributed by atoms with van der Waals surface area (Å²) in [6, 6.07) is 4.64. The minimum atomic E-state index is 0. The lowest BCUT2D eigenvalue weighted by Gasteiger charge is -2.32. The number of nitrogens with zero attached hydrogens (tertiary/aromatic N) is 6. The molecule has 1 aliphatic rings. The molecule has 0 unspecified atom stereocenters. The Morgan fingerprint density at radius 1 is 1.16 bits per heavy atom. The monoisotopic (exact) mass is 357 g/mol. The highest BCUT2D eigenvalue weighted by atomic mass is 35.5. The molecule has 4 rings (SSSR count). The highest BCUT2D eigenvalue weighted by molar-refractivity contribution is 5.85. The van der Waals surface area contributed by atoms with Crippen LogP contribution in [0.3, 0.4) is 0 Å². The number of aromatic nitrogens is 4. The van der Waals surface area contributed by atoms with Gasteiger partial charge in [0, 0.05) is 49.7 Å². The number of halogens is 1. The Morgan fingerprint density at radius 2 is 1.92 bits per heavy atom. The maximum absolute atomic E-state index is 9.42. The molecular weight excluding hydrogens is 338 g/mol. The van der Waals surface area contributed by atoms with E-state index >= 15 is 0 Å². The average Bonchev–Trinajstić information content (AvgIpc) is 3.20. The van der Waals surface area contributed by atoms with E-state index in [2.05, 4.69) is 27.2 Å². The van der Waals surface area contributed by atoms with Gasteiger partial charge in [0.1, 0.15) is 11.6 Å². The molecule has 3 aromatic heterocycles. The summed E-state index contributed by atoms with van der Waals surface area (Å²) in [7, 11) is 1.90. The van der Waals surface area contributed by atoms with E-state index in [1.54, 1.807) is 15.4 Å². The summed E-state index contributed by atoms with van der Waals surface area (Å²) >= 11 is 0. The first-order chi connectivity index (χ1) is 11.7. The quantitative estimate of drug-likeness (QED) is 0.757. The molecule has 2 N–H and O–H groups in total. The number of hydrogen-bond donors (Lipinski definition) is 1. The van der Waals surface area contributed by atoms with Gasteiger partial charge < -0.3 is 10.6 Å². The third-order valence-electron chi connectivity index (χ3n) is 4.63. The number of pyridine rings is 1. The molecule has 0 bridgehead atoms. The van der Waals surface area contributed by atoms with Gasteiger partial charge in [-0.25, -0.2) is 4.52 Å². The second kappa shape index (κ2) is 6.75. The van der Waals surface area contributed by atoms with Crippen molar-refractivity contribution in [2.24, 2.45) is 12.8 Å². The summed E-state index contributed by atoms with van der Waals surface area (Å²) in [6.07, 6.45) is 9.31. The molecule has 0 aliphatic carbocycles. The second-order valence-electron chi connectivity index (χ2n) is 6.30. The van der Waals surface area contributed by atoms with E-state index < -0.39 is 0 Å². The van der Waals surface area contributed by atoms with E-state index in [4.69, 9.17) is 5.73 Å². The number of nitriles is 1. The van der Waals surface area contributed by atoms with Crippen molar-refractivity contribution in [2.45, 2.75) is 18.9 Å². The molecule has 0 atom stereocenters. The first-order valence-corrected chi connectivity index (χ1v) is 8.07. The summed E-state index contributed by atoms with van der Waals surface area (Å²) in [5.74, 6) is 0. The molecule has 1 aliphatic heterocycles. The van der Waals surface area contributed by atoms with Gasteiger partial charge in [0.2, 0.25) is 0 Å². The Balaban J connectivity index is 0.00000182. The van der Waals surface area contributed by atoms with Crippen molar-refractivity contribution in [2.75, 3.05) is 18.0 Å². The van der Waals surface area contributed by atoms with Gasteiger partial charge in [-0.3, -0.25) is 4.68 Å². The lowest BCUT2D eigenvalue weighted by atomic mass is 10.0. The summed E-state index contributed by atoms with van der Waals surface area (Å²) in [5.41, 5.74) is 10.6. The zero-order chi connectivity index (χ0) is 16.7. The predicted molar refractivity (Wildman–Crippen MR) is 98.8 cm³/mol. The van der Waals surface area contributed by atoms with Crippen LogP contribution in [0, 0.1) is 11.3 Å². The van der Waals surface area contributed by atoms with Crippen LogP contribution < -0.4 is 10.6 Å². The van der Waals surface area contributed by atoms with E-state index in [0.29, 0.717) is 5.56 Å². The number of nitrogens with two attached hydrogens (primary N) is 1. The highest BCUT2D eigenvalue weighted by Crippen LogP contribution is 2.32. The molecule has 0 amide bonds. The largest absolute Gasteiger partial charge is 0.370 e. The van der Waals surface area contributed by atoms with Gasteiger partial charge in [-0.05, 0) is 18.9 Å². The van der Waals surface area contributed by atoms with Crippen LogP contribution >= 0.6 is 12.4 Å². The smallest absolute Gasteiger partial charge is 0.107 e. The number of piperidine rings is 1. The van der Waals surface area contributed by atoms with Crippen molar-refractivity contribution in [3.63, 3.8) is 0 Å². The zero-order valence-corrected chi connectivity index (χ0v) is 14.8. The van der Waals surface area contributed by atoms with Crippen molar-refractivity contribution in [3.05, 3.63) is 36.4 Å². The molecule has 4 heterocycles. The van der Waals surface area contributed by atoms with Gasteiger partial charge in [-0.1, -0.05) is 0 Å². The molecule has 0 radical (unpaired) electrons. The van der Waals surface area contributed by atoms with E-state index in [-0.39, 0.29) is 18.4 Å². The molecule has 130 valence electrons. The van der Waals surface area contributed by atoms with Gasteiger partial charge in [0.15, 0.2) is 0 Å². The molecule has 0 aromatic carbocycles. The topological polar surface area (TPSA) is 88.2 Å². The third kappa shape index (κ3) is 3.06. The van der Waals surface area contributed by atoms with Crippen molar-refractivity contribution >= 4 is 23.6 Å². The Morgan fingerprint density at radius 3 is 2.56 bits per heavy atom. The molecule has 3 aromatic rings. The highest BCUT2D eigenvalue weighted by Gasteiger charge is 2.21. The van der Waals surface area contributed by atoms with E-state index in [0.717, 1.165) is 48.3 Å². The van der Waals surface area contributed by atoms with Gasteiger partial charge in [0.05, 0.1) is 23.6 Å². The minimum Gasteiger partial charge on any atom is -0.370 e. The standard InChI is InChI=1S/C17H19N7.ClH/c1-22-10-14(9-20-22)12-6-16(23-4-2-15(19)3-5-23)17-13(7-18)8-21-24(17)11-12;/h6,8-11,15H,2-5,19H2,1H3;1H. The number of hydrogen-bond acceptors (Lipinski definition) is 5. The Kier molecular flexibility index (Phi) is 4.66. The van der Waals surface area contributed by atoms with Gasteiger partial charge in [0.25, 0.3) is 0 Å². The van der Waals surface area contributed by atoms with Crippen LogP contribution in [0.1, 0.15) is 18.4 Å². The molecule has 7 nitrogen and oxygen atoms in total. The Bertz CT molecular complexity index is 928. The van der Waals surface area contributed by atoms with Crippen LogP contribution in [0.4, 0.5) is 5.69 Å². The predicted octanol–water partition coefficient (Wildman–Crippen LogP) is 1.96. The van der Waals surface area contributed by atoms with Crippen molar-refractivity contribution < 1.29 is 0 Å². The molecule has 8 heteroatoms. The van der Waals surface area contributed by atoms with Crippen molar-refractivity contribution in [3.8, 4) is 17.2 Å². The van der Waals surface area contributed by atoms with Gasteiger partial charge in [-0.2, -0.15) is 15.5 Å². The second-order valence-corrected chi connectivity index (χ2v) is 6.30. The van der Waals surface area contributed by atoms with Crippen molar-refractivity contribution in [1.82, 2.24) is 19.4 Å². The lowest BCUT2D eigenvalue weighted by Crippen LogP contribution is -2.39. The molecule has 0 saturated carbocycles. The third-order valence-corrected chi connectivity index (χ3v) is 4.63. The summed E-state index contributed by atoms with van der Waals surface area (Å²) in [6.45, 7) is 1.78. The Labute approximate surface area is 152 Å². The molecule has 0 spiro atoms. The minimum absolute atomic E-state index is 0. The summed E-state index contributed by atoms with van der Waals surface area (Å²) in [4.78, 5) is 2.31. The fourth-order valence-electron chi connectivity index (χ4n) is 3.29. The number of aryl methyl sites for hydroxylation is 1. The fourth-order valence-corrected chi connectivity index (χ4v) is 3.29. The van der Waals surface area contributed by atoms with E-state index in [9.17, 15) is 5.26 Å². The first-order valence-electron chi connectivity index (χ1n) is 8.07. The summed E-state index contributed by atoms with van der Waals surface area (Å²) in [5, 5.41) is 18.0. The number of anilines is 1. The van der Waals surface area contributed by atoms with Crippen LogP contribution in [0.15, 0.2) is 30.9 Å². The van der Waals surface area contributed by atoms with E-state index in [1.807, 2.05) is 25.6 Å². The zero-order valence-electron chi connectivity index (χ0n) is 14.0. The molecular formula is C17H20ClN7. The average molecular weight is 358 g/mol. The lowest BCUT2D eigenvalue weighted by molar-refractivity contribution is 0.501. The molecule has 25 heavy (non-hydrogen) atoms. The SMILES string of the molecule is Cl.Cn1cc(-c2cc(N3CCC(N)CC3)c3c(C#N)cnn3c2)cn1. The Hall–Kier alpha value is -2.56. The molecule has 1 saturated heterocycles. The van der Waals surface area contributed by atoms with Crippen LogP contribution in [0.25, 0.3) is 16.6 Å². The van der Waals surface area contributed by atoms with Crippen LogP contribution in [0.2, 0.25) is 0 Å². The van der Waals surface area contributed by atoms with Crippen LogP contribution in [-0.2, 0) is 7.05 Å². The molecule has 1 fully saturated rings. The van der Waals surface area contributed by atoms with Crippen molar-refractivity contribution in [1.29, 1.82) is 5.26 Å². The normalized spacial score (nSPS) is 15.2. The van der Waals surface area contributed by atoms with E-state index in [1.165, 1.54) is 0 Å². The summed E-state index contributed by atoms with van der Waals surface area (Å²) < 4.78 is 3.58.